The summed E-state index contributed by atoms with van der Waals surface area (Å²) in [7, 11) is 5.89. The lowest BCUT2D eigenvalue weighted by molar-refractivity contribution is -0.129. The monoisotopic (exact) mass is 417 g/mol. The van der Waals surface area contributed by atoms with Gasteiger partial charge < -0.3 is 15.1 Å². The second kappa shape index (κ2) is 9.74. The van der Waals surface area contributed by atoms with Crippen molar-refractivity contribution in [2.45, 2.75) is 25.9 Å². The van der Waals surface area contributed by atoms with Crippen LogP contribution in [0.5, 0.6) is 0 Å². The molecule has 0 fully saturated rings. The van der Waals surface area contributed by atoms with Crippen LogP contribution >= 0.6 is 15.9 Å². The van der Waals surface area contributed by atoms with Gasteiger partial charge in [0.1, 0.15) is 0 Å². The Kier molecular flexibility index (Phi) is 7.66. The topological polar surface area (TPSA) is 35.6 Å². The van der Waals surface area contributed by atoms with Crippen molar-refractivity contribution >= 4 is 27.5 Å². The first-order valence-electron chi connectivity index (χ1n) is 8.89. The van der Waals surface area contributed by atoms with E-state index in [9.17, 15) is 4.79 Å². The molecule has 0 aliphatic rings. The van der Waals surface area contributed by atoms with Crippen molar-refractivity contribution in [2.24, 2.45) is 0 Å². The van der Waals surface area contributed by atoms with E-state index in [1.807, 2.05) is 33.3 Å². The Hall–Kier alpha value is -1.85. The van der Waals surface area contributed by atoms with E-state index in [0.29, 0.717) is 13.1 Å². The minimum Gasteiger partial charge on any atom is -0.378 e. The number of halogens is 1. The van der Waals surface area contributed by atoms with Gasteiger partial charge in [-0.3, -0.25) is 4.79 Å². The Morgan fingerprint density at radius 1 is 1.04 bits per heavy atom. The lowest BCUT2D eigenvalue weighted by Crippen LogP contribution is -2.36. The van der Waals surface area contributed by atoms with E-state index in [2.05, 4.69) is 69.5 Å². The van der Waals surface area contributed by atoms with Crippen LogP contribution in [0.4, 0.5) is 5.69 Å². The molecule has 1 N–H and O–H groups in total. The van der Waals surface area contributed by atoms with Gasteiger partial charge in [-0.05, 0) is 41.8 Å². The minimum atomic E-state index is 0.0947. The number of carbonyl (C=O) groups is 1. The van der Waals surface area contributed by atoms with Gasteiger partial charge in [-0.15, -0.1) is 0 Å². The van der Waals surface area contributed by atoms with Crippen LogP contribution in [0.1, 0.15) is 30.5 Å². The van der Waals surface area contributed by atoms with Gasteiger partial charge in [0.25, 0.3) is 0 Å². The molecule has 0 saturated carbocycles. The largest absolute Gasteiger partial charge is 0.378 e. The van der Waals surface area contributed by atoms with Crippen LogP contribution in [-0.4, -0.2) is 38.5 Å². The molecular weight excluding hydrogens is 390 g/mol. The van der Waals surface area contributed by atoms with Crippen molar-refractivity contribution < 1.29 is 4.79 Å². The van der Waals surface area contributed by atoms with Crippen molar-refractivity contribution in [3.63, 3.8) is 0 Å². The summed E-state index contributed by atoms with van der Waals surface area (Å²) in [6.07, 6.45) is 0.935. The minimum absolute atomic E-state index is 0.0947. The average Bonchev–Trinajstić information content (AvgIpc) is 2.63. The second-order valence-corrected chi connectivity index (χ2v) is 7.62. The summed E-state index contributed by atoms with van der Waals surface area (Å²) in [5.74, 6) is 0.0947. The molecule has 2 aromatic rings. The van der Waals surface area contributed by atoms with Crippen molar-refractivity contribution in [3.8, 4) is 0 Å². The SMILES string of the molecule is CC[C@@H](NCC(=O)N(C)Cc1ccc(N(C)C)cc1)c1ccc(Br)cc1. The number of nitrogens with one attached hydrogen (secondary N) is 1. The normalized spacial score (nSPS) is 11.9. The highest BCUT2D eigenvalue weighted by molar-refractivity contribution is 9.10. The number of anilines is 1. The molecule has 2 rings (SSSR count). The fraction of sp³-hybridized carbons (Fsp3) is 0.381. The molecule has 2 aromatic carbocycles. The highest BCUT2D eigenvalue weighted by Crippen LogP contribution is 2.19. The molecule has 0 aliphatic carbocycles. The number of likely N-dealkylation sites (N-methyl/N-ethyl adjacent to an activating group) is 1. The smallest absolute Gasteiger partial charge is 0.236 e. The predicted octanol–water partition coefficient (Wildman–Crippen LogP) is 4.21. The molecule has 0 aliphatic heterocycles. The first-order chi connectivity index (χ1) is 12.4. The van der Waals surface area contributed by atoms with Crippen molar-refractivity contribution in [2.75, 3.05) is 32.6 Å². The van der Waals surface area contributed by atoms with Crippen molar-refractivity contribution in [1.82, 2.24) is 10.2 Å². The molecule has 0 aromatic heterocycles. The van der Waals surface area contributed by atoms with Gasteiger partial charge >= 0.3 is 0 Å². The highest BCUT2D eigenvalue weighted by atomic mass is 79.9. The predicted molar refractivity (Wildman–Crippen MR) is 112 cm³/mol. The molecule has 0 unspecified atom stereocenters. The molecule has 0 radical (unpaired) electrons. The first-order valence-corrected chi connectivity index (χ1v) is 9.69. The van der Waals surface area contributed by atoms with Gasteiger partial charge in [-0.25, -0.2) is 0 Å². The third-order valence-electron chi connectivity index (χ3n) is 4.48. The zero-order valence-corrected chi connectivity index (χ0v) is 17.6. The molecule has 0 heterocycles. The zero-order valence-electron chi connectivity index (χ0n) is 16.0. The van der Waals surface area contributed by atoms with Gasteiger partial charge in [-0.1, -0.05) is 47.1 Å². The van der Waals surface area contributed by atoms with Crippen LogP contribution in [0.15, 0.2) is 53.0 Å². The maximum absolute atomic E-state index is 12.5. The Labute approximate surface area is 165 Å². The summed E-state index contributed by atoms with van der Waals surface area (Å²) >= 11 is 3.46. The molecule has 1 amide bonds. The summed E-state index contributed by atoms with van der Waals surface area (Å²) in [5, 5.41) is 3.38. The van der Waals surface area contributed by atoms with E-state index in [1.54, 1.807) is 4.90 Å². The van der Waals surface area contributed by atoms with Crippen LogP contribution in [-0.2, 0) is 11.3 Å². The third kappa shape index (κ3) is 5.85. The Balaban J connectivity index is 1.88. The van der Waals surface area contributed by atoms with Crippen LogP contribution < -0.4 is 10.2 Å². The Morgan fingerprint density at radius 3 is 2.19 bits per heavy atom. The summed E-state index contributed by atoms with van der Waals surface area (Å²) in [5.41, 5.74) is 3.49. The molecule has 140 valence electrons. The maximum Gasteiger partial charge on any atom is 0.236 e. The molecule has 4 nitrogen and oxygen atoms in total. The van der Waals surface area contributed by atoms with E-state index in [1.165, 1.54) is 5.56 Å². The average molecular weight is 418 g/mol. The van der Waals surface area contributed by atoms with Gasteiger partial charge in [0.2, 0.25) is 5.91 Å². The number of benzene rings is 2. The summed E-state index contributed by atoms with van der Waals surface area (Å²) in [6.45, 7) is 3.07. The fourth-order valence-electron chi connectivity index (χ4n) is 2.80. The standard InChI is InChI=1S/C21H28BrN3O/c1-5-20(17-8-10-18(22)11-9-17)23-14-21(26)25(4)15-16-6-12-19(13-7-16)24(2)3/h6-13,20,23H,5,14-15H2,1-4H3/t20-/m1/s1. The molecule has 26 heavy (non-hydrogen) atoms. The van der Waals surface area contributed by atoms with Crippen LogP contribution in [0.25, 0.3) is 0 Å². The van der Waals surface area contributed by atoms with Gasteiger partial charge in [0.05, 0.1) is 6.54 Å². The third-order valence-corrected chi connectivity index (χ3v) is 5.01. The lowest BCUT2D eigenvalue weighted by Gasteiger charge is -2.22. The lowest BCUT2D eigenvalue weighted by atomic mass is 10.0. The number of hydrogen-bond donors (Lipinski definition) is 1. The van der Waals surface area contributed by atoms with Crippen LogP contribution in [0, 0.1) is 0 Å². The van der Waals surface area contributed by atoms with E-state index in [-0.39, 0.29) is 11.9 Å². The quantitative estimate of drug-likeness (QED) is 0.698. The number of hydrogen-bond acceptors (Lipinski definition) is 3. The second-order valence-electron chi connectivity index (χ2n) is 6.70. The van der Waals surface area contributed by atoms with Crippen molar-refractivity contribution in [3.05, 3.63) is 64.1 Å². The van der Waals surface area contributed by atoms with E-state index in [0.717, 1.165) is 22.1 Å². The van der Waals surface area contributed by atoms with E-state index >= 15 is 0 Å². The Morgan fingerprint density at radius 2 is 1.65 bits per heavy atom. The van der Waals surface area contributed by atoms with E-state index < -0.39 is 0 Å². The molecule has 5 heteroatoms. The van der Waals surface area contributed by atoms with Crippen LogP contribution in [0.2, 0.25) is 0 Å². The van der Waals surface area contributed by atoms with Gasteiger partial charge in [0.15, 0.2) is 0 Å². The molecule has 0 bridgehead atoms. The summed E-state index contributed by atoms with van der Waals surface area (Å²) < 4.78 is 1.06. The van der Waals surface area contributed by atoms with Gasteiger partial charge in [0, 0.05) is 43.9 Å². The molecule has 0 spiro atoms. The number of carbonyl (C=O) groups excluding carboxylic acids is 1. The maximum atomic E-state index is 12.5. The highest BCUT2D eigenvalue weighted by Gasteiger charge is 2.14. The fourth-order valence-corrected chi connectivity index (χ4v) is 3.06. The summed E-state index contributed by atoms with van der Waals surface area (Å²) in [4.78, 5) is 16.3. The summed E-state index contributed by atoms with van der Waals surface area (Å²) in [6, 6.07) is 16.7. The number of rotatable bonds is 8. The van der Waals surface area contributed by atoms with E-state index in [4.69, 9.17) is 0 Å². The molecular formula is C21H28BrN3O. The van der Waals surface area contributed by atoms with Crippen LogP contribution in [0.3, 0.4) is 0 Å². The Bertz CT molecular complexity index is 698. The first kappa shape index (κ1) is 20.5. The molecule has 1 atom stereocenters. The molecule has 0 saturated heterocycles. The number of amides is 1. The van der Waals surface area contributed by atoms with Gasteiger partial charge in [-0.2, -0.15) is 0 Å². The van der Waals surface area contributed by atoms with Crippen molar-refractivity contribution in [1.29, 1.82) is 0 Å². The number of nitrogens with zero attached hydrogens (tertiary/aromatic N) is 2. The zero-order chi connectivity index (χ0) is 19.1.